The molecular weight excluding hydrogens is 300 g/mol. The monoisotopic (exact) mass is 320 g/mol. The van der Waals surface area contributed by atoms with E-state index >= 15 is 0 Å². The van der Waals surface area contributed by atoms with Crippen LogP contribution >= 0.6 is 0 Å². The van der Waals surface area contributed by atoms with Gasteiger partial charge in [-0.2, -0.15) is 0 Å². The lowest BCUT2D eigenvalue weighted by Crippen LogP contribution is -1.85. The van der Waals surface area contributed by atoms with Gasteiger partial charge in [0.05, 0.1) is 0 Å². The van der Waals surface area contributed by atoms with Gasteiger partial charge in [-0.1, -0.05) is 103 Å². The van der Waals surface area contributed by atoms with Crippen LogP contribution in [-0.2, 0) is 0 Å². The quantitative estimate of drug-likeness (QED) is 0.404. The Morgan fingerprint density at radius 3 is 1.44 bits per heavy atom. The smallest absolute Gasteiger partial charge is 0.00118 e. The molecule has 4 aromatic carbocycles. The molecule has 1 fully saturated rings. The highest BCUT2D eigenvalue weighted by molar-refractivity contribution is 5.83. The molecule has 0 heteroatoms. The third-order valence-corrected chi connectivity index (χ3v) is 5.55. The molecule has 0 aromatic heterocycles. The van der Waals surface area contributed by atoms with Gasteiger partial charge in [-0.15, -0.1) is 0 Å². The zero-order chi connectivity index (χ0) is 16.6. The van der Waals surface area contributed by atoms with E-state index in [1.165, 1.54) is 27.5 Å². The van der Waals surface area contributed by atoms with E-state index in [0.29, 0.717) is 17.8 Å². The van der Waals surface area contributed by atoms with Crippen molar-refractivity contribution in [2.75, 3.05) is 0 Å². The molecule has 5 rings (SSSR count). The van der Waals surface area contributed by atoms with E-state index in [1.54, 1.807) is 0 Å². The van der Waals surface area contributed by atoms with E-state index in [4.69, 9.17) is 0 Å². The lowest BCUT2D eigenvalue weighted by Gasteiger charge is -2.04. The predicted molar refractivity (Wildman–Crippen MR) is 105 cm³/mol. The first-order valence-corrected chi connectivity index (χ1v) is 9.00. The number of benzene rings is 4. The van der Waals surface area contributed by atoms with Crippen molar-refractivity contribution in [1.29, 1.82) is 0 Å². The fourth-order valence-electron chi connectivity index (χ4n) is 4.32. The van der Waals surface area contributed by atoms with Crippen molar-refractivity contribution in [1.82, 2.24) is 0 Å². The molecule has 0 saturated heterocycles. The molecule has 1 saturated carbocycles. The van der Waals surface area contributed by atoms with Crippen molar-refractivity contribution in [2.24, 2.45) is 0 Å². The maximum Gasteiger partial charge on any atom is -0.00118 e. The molecule has 1 aliphatic carbocycles. The summed E-state index contributed by atoms with van der Waals surface area (Å²) in [6, 6.07) is 37.6. The molecule has 0 bridgehead atoms. The third kappa shape index (κ3) is 2.55. The Morgan fingerprint density at radius 2 is 0.840 bits per heavy atom. The molecule has 0 radical (unpaired) electrons. The van der Waals surface area contributed by atoms with Gasteiger partial charge in [0.15, 0.2) is 0 Å². The van der Waals surface area contributed by atoms with Crippen molar-refractivity contribution < 1.29 is 0 Å². The molecule has 0 spiro atoms. The van der Waals surface area contributed by atoms with Crippen molar-refractivity contribution in [3.63, 3.8) is 0 Å². The summed E-state index contributed by atoms with van der Waals surface area (Å²) in [4.78, 5) is 0. The molecule has 0 amide bonds. The van der Waals surface area contributed by atoms with Crippen LogP contribution in [0.3, 0.4) is 0 Å². The Bertz CT molecular complexity index is 956. The Labute approximate surface area is 148 Å². The van der Waals surface area contributed by atoms with Crippen LogP contribution in [0, 0.1) is 0 Å². The topological polar surface area (TPSA) is 0 Å². The summed E-state index contributed by atoms with van der Waals surface area (Å²) in [5.41, 5.74) is 4.37. The highest BCUT2D eigenvalue weighted by Crippen LogP contribution is 2.66. The average molecular weight is 320 g/mol. The summed E-state index contributed by atoms with van der Waals surface area (Å²) in [7, 11) is 0. The lowest BCUT2D eigenvalue weighted by atomic mass is 10.0. The van der Waals surface area contributed by atoms with Gasteiger partial charge < -0.3 is 0 Å². The largest absolute Gasteiger partial charge is 0.0622 e. The Morgan fingerprint density at radius 1 is 0.360 bits per heavy atom. The lowest BCUT2D eigenvalue weighted by molar-refractivity contribution is 1.03. The van der Waals surface area contributed by atoms with Crippen molar-refractivity contribution >= 4 is 10.8 Å². The summed E-state index contributed by atoms with van der Waals surface area (Å²) < 4.78 is 0. The third-order valence-electron chi connectivity index (χ3n) is 5.55. The van der Waals surface area contributed by atoms with Crippen LogP contribution < -0.4 is 0 Å². The maximum atomic E-state index is 2.39. The summed E-state index contributed by atoms with van der Waals surface area (Å²) >= 11 is 0. The van der Waals surface area contributed by atoms with Gasteiger partial charge in [0.2, 0.25) is 0 Å². The minimum Gasteiger partial charge on any atom is -0.0622 e. The first-order valence-electron chi connectivity index (χ1n) is 9.00. The summed E-state index contributed by atoms with van der Waals surface area (Å²) in [6.45, 7) is 0. The maximum absolute atomic E-state index is 2.39. The predicted octanol–water partition coefficient (Wildman–Crippen LogP) is 6.50. The minimum atomic E-state index is 0.564. The van der Waals surface area contributed by atoms with Gasteiger partial charge in [-0.25, -0.2) is 0 Å². The molecule has 4 aromatic rings. The van der Waals surface area contributed by atoms with Gasteiger partial charge in [-0.3, -0.25) is 0 Å². The molecular formula is C25H20. The average Bonchev–Trinajstić information content (AvgIpc) is 3.45. The van der Waals surface area contributed by atoms with E-state index < -0.39 is 0 Å². The van der Waals surface area contributed by atoms with Crippen LogP contribution in [0.15, 0.2) is 103 Å². The second-order valence-electron chi connectivity index (χ2n) is 7.01. The van der Waals surface area contributed by atoms with Crippen molar-refractivity contribution in [3.8, 4) is 0 Å². The first-order chi connectivity index (χ1) is 12.4. The van der Waals surface area contributed by atoms with Crippen LogP contribution in [0.25, 0.3) is 10.8 Å². The van der Waals surface area contributed by atoms with Crippen LogP contribution in [0.2, 0.25) is 0 Å². The second-order valence-corrected chi connectivity index (χ2v) is 7.01. The molecule has 0 nitrogen and oxygen atoms in total. The van der Waals surface area contributed by atoms with E-state index in [0.717, 1.165) is 0 Å². The Kier molecular flexibility index (Phi) is 3.41. The number of hydrogen-bond donors (Lipinski definition) is 0. The van der Waals surface area contributed by atoms with Crippen LogP contribution in [0.1, 0.15) is 34.4 Å². The molecule has 0 aliphatic heterocycles. The molecule has 2 atom stereocenters. The SMILES string of the molecule is c1ccc([C@H]2C(c3ccc4ccccc4c3)[C@@H]2c2ccccc2)cc1. The van der Waals surface area contributed by atoms with Gasteiger partial charge in [0, 0.05) is 0 Å². The normalized spacial score (nSPS) is 22.0. The summed E-state index contributed by atoms with van der Waals surface area (Å²) in [5.74, 6) is 1.71. The molecule has 25 heavy (non-hydrogen) atoms. The number of fused-ring (bicyclic) bond motifs is 1. The standard InChI is InChI=1S/C25H20/c1-3-10-19(11-4-1)23-24(20-12-5-2-6-13-20)25(23)22-16-15-18-9-7-8-14-21(18)17-22/h1-17,23-25H/t23-,24-/m1/s1. The van der Waals surface area contributed by atoms with E-state index in [2.05, 4.69) is 103 Å². The fourth-order valence-corrected chi connectivity index (χ4v) is 4.32. The Balaban J connectivity index is 1.59. The first kappa shape index (κ1) is 14.5. The zero-order valence-electron chi connectivity index (χ0n) is 14.0. The summed E-state index contributed by atoms with van der Waals surface area (Å²) in [6.07, 6.45) is 0. The fraction of sp³-hybridized carbons (Fsp3) is 0.120. The molecule has 0 unspecified atom stereocenters. The molecule has 0 heterocycles. The van der Waals surface area contributed by atoms with Gasteiger partial charge in [0.25, 0.3) is 0 Å². The molecule has 1 aliphatic rings. The van der Waals surface area contributed by atoms with Gasteiger partial charge in [0.1, 0.15) is 0 Å². The molecule has 0 N–H and O–H groups in total. The van der Waals surface area contributed by atoms with Crippen molar-refractivity contribution in [3.05, 3.63) is 120 Å². The van der Waals surface area contributed by atoms with E-state index in [9.17, 15) is 0 Å². The van der Waals surface area contributed by atoms with Crippen LogP contribution in [0.5, 0.6) is 0 Å². The van der Waals surface area contributed by atoms with Crippen LogP contribution in [0.4, 0.5) is 0 Å². The van der Waals surface area contributed by atoms with Gasteiger partial charge >= 0.3 is 0 Å². The second kappa shape index (κ2) is 5.89. The Hall–Kier alpha value is -2.86. The van der Waals surface area contributed by atoms with E-state index in [-0.39, 0.29) is 0 Å². The van der Waals surface area contributed by atoms with Crippen molar-refractivity contribution in [2.45, 2.75) is 17.8 Å². The highest BCUT2D eigenvalue weighted by atomic mass is 14.5. The summed E-state index contributed by atoms with van der Waals surface area (Å²) in [5, 5.41) is 2.66. The number of rotatable bonds is 3. The molecule has 120 valence electrons. The highest BCUT2D eigenvalue weighted by Gasteiger charge is 2.52. The van der Waals surface area contributed by atoms with E-state index in [1.807, 2.05) is 0 Å². The minimum absolute atomic E-state index is 0.564. The number of hydrogen-bond acceptors (Lipinski definition) is 0. The van der Waals surface area contributed by atoms with Crippen LogP contribution in [-0.4, -0.2) is 0 Å². The van der Waals surface area contributed by atoms with Gasteiger partial charge in [-0.05, 0) is 45.2 Å². The zero-order valence-corrected chi connectivity index (χ0v) is 14.0.